The summed E-state index contributed by atoms with van der Waals surface area (Å²) in [5.74, 6) is -1.56. The number of amides is 3. The second-order valence-electron chi connectivity index (χ2n) is 14.2. The summed E-state index contributed by atoms with van der Waals surface area (Å²) in [5, 5.41) is 15.6. The van der Waals surface area contributed by atoms with Crippen molar-refractivity contribution in [1.82, 2.24) is 15.5 Å². The summed E-state index contributed by atoms with van der Waals surface area (Å²) in [6.07, 6.45) is 0.670. The van der Waals surface area contributed by atoms with Crippen LogP contribution in [0.4, 0.5) is 4.79 Å². The molecule has 0 aliphatic rings. The maximum atomic E-state index is 14.5. The number of nitrogens with zero attached hydrogens (tertiary/aromatic N) is 1. The minimum Gasteiger partial charge on any atom is -0.508 e. The smallest absolute Gasteiger partial charge is 0.408 e. The van der Waals surface area contributed by atoms with Crippen molar-refractivity contribution in [3.8, 4) is 5.75 Å². The number of phenols is 1. The number of phenolic OH excluding ortho intramolecular Hbond substituents is 1. The molecule has 0 heterocycles. The molecule has 3 N–H and O–H groups in total. The monoisotopic (exact) mass is 671 g/mol. The Labute approximate surface area is 285 Å². The van der Waals surface area contributed by atoms with E-state index in [-0.39, 0.29) is 17.9 Å². The van der Waals surface area contributed by atoms with Crippen LogP contribution in [0.25, 0.3) is 0 Å². The van der Waals surface area contributed by atoms with Gasteiger partial charge in [0.15, 0.2) is 0 Å². The molecular formula is C36H53N3O7S. The number of carbonyl (C=O) groups is 4. The van der Waals surface area contributed by atoms with Crippen molar-refractivity contribution >= 4 is 36.5 Å². The van der Waals surface area contributed by atoms with Crippen LogP contribution >= 0.6 is 12.6 Å². The van der Waals surface area contributed by atoms with Crippen molar-refractivity contribution in [1.29, 1.82) is 0 Å². The molecule has 0 saturated carbocycles. The van der Waals surface area contributed by atoms with Crippen LogP contribution in [0.5, 0.6) is 5.75 Å². The number of aromatic hydroxyl groups is 1. The molecule has 0 radical (unpaired) electrons. The van der Waals surface area contributed by atoms with E-state index in [2.05, 4.69) is 37.1 Å². The van der Waals surface area contributed by atoms with Crippen molar-refractivity contribution in [3.05, 3.63) is 65.7 Å². The van der Waals surface area contributed by atoms with E-state index in [1.165, 1.54) is 17.0 Å². The molecule has 0 spiro atoms. The molecular weight excluding hydrogens is 618 g/mol. The van der Waals surface area contributed by atoms with E-state index in [4.69, 9.17) is 9.47 Å². The van der Waals surface area contributed by atoms with Gasteiger partial charge in [0.05, 0.1) is 0 Å². The van der Waals surface area contributed by atoms with Gasteiger partial charge in [0.2, 0.25) is 11.8 Å². The van der Waals surface area contributed by atoms with Crippen LogP contribution in [0.2, 0.25) is 0 Å². The fourth-order valence-corrected chi connectivity index (χ4v) is 5.14. The summed E-state index contributed by atoms with van der Waals surface area (Å²) in [4.78, 5) is 56.6. The molecule has 0 aliphatic carbocycles. The van der Waals surface area contributed by atoms with E-state index in [0.717, 1.165) is 12.0 Å². The Kier molecular flexibility index (Phi) is 14.6. The molecule has 4 unspecified atom stereocenters. The molecule has 47 heavy (non-hydrogen) atoms. The fraction of sp³-hybridized carbons (Fsp3) is 0.556. The molecule has 11 heteroatoms. The molecule has 0 saturated heterocycles. The lowest BCUT2D eigenvalue weighted by molar-refractivity contribution is -0.159. The highest BCUT2D eigenvalue weighted by Crippen LogP contribution is 2.29. The molecule has 0 bridgehead atoms. The van der Waals surface area contributed by atoms with Crippen LogP contribution < -0.4 is 10.6 Å². The number of alkyl carbamates (subject to hydrolysis) is 1. The predicted molar refractivity (Wildman–Crippen MR) is 186 cm³/mol. The van der Waals surface area contributed by atoms with E-state index in [1.807, 2.05) is 37.3 Å². The van der Waals surface area contributed by atoms with Crippen molar-refractivity contribution in [2.75, 3.05) is 5.75 Å². The number of benzene rings is 2. The third kappa shape index (κ3) is 13.5. The van der Waals surface area contributed by atoms with Gasteiger partial charge in [0.25, 0.3) is 0 Å². The summed E-state index contributed by atoms with van der Waals surface area (Å²) in [5.41, 5.74) is -0.404. The van der Waals surface area contributed by atoms with E-state index in [9.17, 15) is 24.3 Å². The van der Waals surface area contributed by atoms with Gasteiger partial charge in [-0.1, -0.05) is 56.3 Å². The normalized spacial score (nSPS) is 14.4. The minimum absolute atomic E-state index is 0.0193. The SMILES string of the molecule is CC(C)CCC(C)N(C(=O)C(CS)NC(=O)OC(C)(C)C)C(C(=O)NC(Cc1ccccc1)C(=O)OC(C)(C)C)c1ccc(O)cc1. The van der Waals surface area contributed by atoms with Crippen molar-refractivity contribution in [2.45, 2.75) is 117 Å². The molecule has 260 valence electrons. The zero-order valence-corrected chi connectivity index (χ0v) is 30.1. The number of carbonyl (C=O) groups excluding carboxylic acids is 4. The van der Waals surface area contributed by atoms with Crippen molar-refractivity contribution in [3.63, 3.8) is 0 Å². The topological polar surface area (TPSA) is 134 Å². The van der Waals surface area contributed by atoms with Crippen LogP contribution in [0.1, 0.15) is 92.3 Å². The van der Waals surface area contributed by atoms with Gasteiger partial charge in [-0.25, -0.2) is 9.59 Å². The second-order valence-corrected chi connectivity index (χ2v) is 14.6. The lowest BCUT2D eigenvalue weighted by Crippen LogP contribution is -2.57. The zero-order valence-electron chi connectivity index (χ0n) is 29.2. The molecule has 2 aromatic rings. The number of ether oxygens (including phenoxy) is 2. The maximum absolute atomic E-state index is 14.5. The quantitative estimate of drug-likeness (QED) is 0.143. The van der Waals surface area contributed by atoms with Crippen LogP contribution in [0.15, 0.2) is 54.6 Å². The first-order valence-electron chi connectivity index (χ1n) is 16.1. The Balaban J connectivity index is 2.64. The molecule has 2 rings (SSSR count). The van der Waals surface area contributed by atoms with Gasteiger partial charge in [0, 0.05) is 18.2 Å². The first kappa shape index (κ1) is 39.4. The molecule has 2 aromatic carbocycles. The Bertz CT molecular complexity index is 1320. The average Bonchev–Trinajstić information content (AvgIpc) is 2.96. The summed E-state index contributed by atoms with van der Waals surface area (Å²) >= 11 is 4.37. The second kappa shape index (κ2) is 17.4. The van der Waals surface area contributed by atoms with Gasteiger partial charge < -0.3 is 30.1 Å². The van der Waals surface area contributed by atoms with Gasteiger partial charge in [-0.05, 0) is 90.5 Å². The van der Waals surface area contributed by atoms with Gasteiger partial charge >= 0.3 is 12.1 Å². The Morgan fingerprint density at radius 3 is 1.89 bits per heavy atom. The first-order chi connectivity index (χ1) is 21.8. The molecule has 0 aromatic heterocycles. The molecule has 0 aliphatic heterocycles. The summed E-state index contributed by atoms with van der Waals surface area (Å²) in [7, 11) is 0. The lowest BCUT2D eigenvalue weighted by Gasteiger charge is -2.39. The molecule has 3 amide bonds. The van der Waals surface area contributed by atoms with Crippen LogP contribution in [-0.2, 0) is 30.3 Å². The fourth-order valence-electron chi connectivity index (χ4n) is 4.89. The Morgan fingerprint density at radius 2 is 1.38 bits per heavy atom. The number of thiol groups is 1. The Morgan fingerprint density at radius 1 is 0.809 bits per heavy atom. The number of hydrogen-bond acceptors (Lipinski definition) is 8. The van der Waals surface area contributed by atoms with Crippen LogP contribution in [-0.4, -0.2) is 69.0 Å². The van der Waals surface area contributed by atoms with E-state index in [1.54, 1.807) is 53.7 Å². The highest BCUT2D eigenvalue weighted by Gasteiger charge is 2.40. The summed E-state index contributed by atoms with van der Waals surface area (Å²) in [6.45, 7) is 16.4. The van der Waals surface area contributed by atoms with E-state index < -0.39 is 59.2 Å². The van der Waals surface area contributed by atoms with Gasteiger partial charge in [-0.15, -0.1) is 0 Å². The third-order valence-electron chi connectivity index (χ3n) is 7.09. The van der Waals surface area contributed by atoms with E-state index >= 15 is 0 Å². The largest absolute Gasteiger partial charge is 0.508 e. The molecule has 4 atom stereocenters. The van der Waals surface area contributed by atoms with Crippen molar-refractivity contribution in [2.24, 2.45) is 5.92 Å². The number of esters is 1. The van der Waals surface area contributed by atoms with Crippen molar-refractivity contribution < 1.29 is 33.8 Å². The lowest BCUT2D eigenvalue weighted by atomic mass is 9.96. The summed E-state index contributed by atoms with van der Waals surface area (Å²) in [6, 6.07) is 11.3. The maximum Gasteiger partial charge on any atom is 0.408 e. The van der Waals surface area contributed by atoms with Gasteiger partial charge in [-0.3, -0.25) is 9.59 Å². The zero-order chi connectivity index (χ0) is 35.5. The number of nitrogens with one attached hydrogen (secondary N) is 2. The highest BCUT2D eigenvalue weighted by atomic mass is 32.1. The standard InChI is InChI=1S/C36H53N3O7S/c1-23(2)15-16-24(3)39(32(42)29(22-47)38-34(44)46-36(7,8)9)30(26-17-19-27(40)20-18-26)31(41)37-28(33(43)45-35(4,5)6)21-25-13-11-10-12-14-25/h10-14,17-20,23-24,28-30,40,47H,15-16,21-22H2,1-9H3,(H,37,41)(H,38,44). The van der Waals surface area contributed by atoms with Gasteiger partial charge in [0.1, 0.15) is 35.1 Å². The summed E-state index contributed by atoms with van der Waals surface area (Å²) < 4.78 is 11.1. The number of hydrogen-bond donors (Lipinski definition) is 4. The van der Waals surface area contributed by atoms with Gasteiger partial charge in [-0.2, -0.15) is 12.6 Å². The number of rotatable bonds is 14. The molecule has 0 fully saturated rings. The van der Waals surface area contributed by atoms with E-state index in [0.29, 0.717) is 17.9 Å². The highest BCUT2D eigenvalue weighted by molar-refractivity contribution is 7.80. The average molecular weight is 672 g/mol. The van der Waals surface area contributed by atoms with Crippen LogP contribution in [0.3, 0.4) is 0 Å². The first-order valence-corrected chi connectivity index (χ1v) is 16.7. The predicted octanol–water partition coefficient (Wildman–Crippen LogP) is 5.98. The Hall–Kier alpha value is -3.73. The van der Waals surface area contributed by atoms with Crippen LogP contribution in [0, 0.1) is 5.92 Å². The minimum atomic E-state index is -1.24. The third-order valence-corrected chi connectivity index (χ3v) is 7.45. The molecule has 10 nitrogen and oxygen atoms in total.